The van der Waals surface area contributed by atoms with E-state index < -0.39 is 10.8 Å². The number of hydrogen-bond acceptors (Lipinski definition) is 4. The molecule has 0 heterocycles. The topological polar surface area (TPSA) is 99.1 Å². The third-order valence-electron chi connectivity index (χ3n) is 7.64. The van der Waals surface area contributed by atoms with Crippen LogP contribution in [-0.2, 0) is 20.8 Å². The summed E-state index contributed by atoms with van der Waals surface area (Å²) in [4.78, 5) is 39.4. The fourth-order valence-corrected chi connectivity index (χ4v) is 5.60. The van der Waals surface area contributed by atoms with Gasteiger partial charge in [0.25, 0.3) is 5.91 Å². The van der Waals surface area contributed by atoms with Crippen LogP contribution in [0.1, 0.15) is 82.4 Å². The van der Waals surface area contributed by atoms with Gasteiger partial charge in [0, 0.05) is 31.8 Å². The van der Waals surface area contributed by atoms with Gasteiger partial charge in [-0.15, -0.1) is 11.6 Å². The molecule has 0 spiro atoms. The Morgan fingerprint density at radius 3 is 2.18 bits per heavy atom. The number of halogens is 1. The van der Waals surface area contributed by atoms with E-state index in [0.717, 1.165) is 43.3 Å². The Morgan fingerprint density at radius 2 is 1.67 bits per heavy atom. The molecule has 2 aromatic carbocycles. The number of alkyl halides is 1. The van der Waals surface area contributed by atoms with E-state index in [1.165, 1.54) is 16.7 Å². The fraction of sp³-hybridized carbons (Fsp3) is 0.459. The van der Waals surface area contributed by atoms with Crippen LogP contribution in [-0.4, -0.2) is 65.1 Å². The van der Waals surface area contributed by atoms with Gasteiger partial charge in [-0.2, -0.15) is 0 Å². The van der Waals surface area contributed by atoms with Crippen LogP contribution in [0.5, 0.6) is 0 Å². The highest BCUT2D eigenvalue weighted by molar-refractivity contribution is 6.46. The molecule has 0 bridgehead atoms. The van der Waals surface area contributed by atoms with Gasteiger partial charge in [-0.25, -0.2) is 0 Å². The maximum absolute atomic E-state index is 14.2. The molecule has 1 saturated carbocycles. The number of carboxylic acids is 1. The summed E-state index contributed by atoms with van der Waals surface area (Å²) in [7, 11) is 1.71. The smallest absolute Gasteiger partial charge is 0.305 e. The van der Waals surface area contributed by atoms with Crippen LogP contribution in [0.4, 0.5) is 0 Å². The van der Waals surface area contributed by atoms with Crippen molar-refractivity contribution in [1.29, 1.82) is 0 Å². The number of hydrogen-bond donors (Lipinski definition) is 2. The third-order valence-corrected chi connectivity index (χ3v) is 7.75. The molecular formula is C37H50ClN3O4. The maximum atomic E-state index is 14.2. The molecule has 0 radical (unpaired) electrons. The first-order valence-electron chi connectivity index (χ1n) is 15.7. The van der Waals surface area contributed by atoms with Crippen molar-refractivity contribution in [3.05, 3.63) is 94.6 Å². The minimum atomic E-state index is -0.903. The molecule has 0 aliphatic heterocycles. The lowest BCUT2D eigenvalue weighted by Gasteiger charge is -2.37. The molecule has 2 N–H and O–H groups in total. The number of rotatable bonds is 13. The van der Waals surface area contributed by atoms with Gasteiger partial charge in [0.2, 0.25) is 6.41 Å². The molecule has 7 nitrogen and oxygen atoms in total. The van der Waals surface area contributed by atoms with Gasteiger partial charge in [-0.1, -0.05) is 77.9 Å². The number of aryl methyl sites for hydroxylation is 1. The SMILES string of the molecule is CN=C(C(=O)N(CCc1ccc(C)cc1)C1CCC(c2ccccc2)CC1)/C(C=C(C)C)=C/C(C)(C)Cl.O=CNCCC(=O)O. The summed E-state index contributed by atoms with van der Waals surface area (Å²) in [5.74, 6) is -0.342. The van der Waals surface area contributed by atoms with E-state index in [4.69, 9.17) is 16.7 Å². The molecule has 8 heteroatoms. The molecule has 0 atom stereocenters. The quantitative estimate of drug-likeness (QED) is 0.0794. The number of nitrogens with zero attached hydrogens (tertiary/aromatic N) is 2. The zero-order chi connectivity index (χ0) is 33.4. The van der Waals surface area contributed by atoms with Crippen molar-refractivity contribution < 1.29 is 19.5 Å². The van der Waals surface area contributed by atoms with Crippen LogP contribution in [0.2, 0.25) is 0 Å². The van der Waals surface area contributed by atoms with Crippen LogP contribution in [0.15, 0.2) is 82.9 Å². The zero-order valence-electron chi connectivity index (χ0n) is 27.7. The molecule has 3 rings (SSSR count). The van der Waals surface area contributed by atoms with E-state index in [2.05, 4.69) is 76.7 Å². The largest absolute Gasteiger partial charge is 0.481 e. The van der Waals surface area contributed by atoms with Crippen LogP contribution in [0, 0.1) is 6.92 Å². The monoisotopic (exact) mass is 635 g/mol. The van der Waals surface area contributed by atoms with Crippen LogP contribution < -0.4 is 5.32 Å². The van der Waals surface area contributed by atoms with E-state index in [1.54, 1.807) is 7.05 Å². The summed E-state index contributed by atoms with van der Waals surface area (Å²) >= 11 is 6.59. The first-order valence-corrected chi connectivity index (χ1v) is 16.1. The van der Waals surface area contributed by atoms with Crippen LogP contribution in [0.3, 0.4) is 0 Å². The lowest BCUT2D eigenvalue weighted by Crippen LogP contribution is -2.47. The first-order chi connectivity index (χ1) is 21.3. The van der Waals surface area contributed by atoms with E-state index in [9.17, 15) is 14.4 Å². The Morgan fingerprint density at radius 1 is 1.04 bits per heavy atom. The zero-order valence-corrected chi connectivity index (χ0v) is 28.4. The van der Waals surface area contributed by atoms with E-state index in [1.807, 2.05) is 39.8 Å². The lowest BCUT2D eigenvalue weighted by molar-refractivity contribution is -0.136. The summed E-state index contributed by atoms with van der Waals surface area (Å²) in [5.41, 5.74) is 6.30. The van der Waals surface area contributed by atoms with Crippen molar-refractivity contribution in [2.24, 2.45) is 4.99 Å². The van der Waals surface area contributed by atoms with Crippen LogP contribution in [0.25, 0.3) is 0 Å². The highest BCUT2D eigenvalue weighted by Crippen LogP contribution is 2.35. The number of carboxylic acid groups (broad SMARTS) is 1. The maximum Gasteiger partial charge on any atom is 0.305 e. The predicted molar refractivity (Wildman–Crippen MR) is 185 cm³/mol. The number of benzene rings is 2. The first kappa shape index (κ1) is 37.5. The van der Waals surface area contributed by atoms with Crippen molar-refractivity contribution in [3.63, 3.8) is 0 Å². The van der Waals surface area contributed by atoms with Gasteiger partial charge >= 0.3 is 5.97 Å². The number of amides is 2. The van der Waals surface area contributed by atoms with Crippen molar-refractivity contribution in [1.82, 2.24) is 10.2 Å². The van der Waals surface area contributed by atoms with Gasteiger partial charge in [-0.3, -0.25) is 19.4 Å². The van der Waals surface area contributed by atoms with Crippen LogP contribution >= 0.6 is 11.6 Å². The Bertz CT molecular complexity index is 1320. The highest BCUT2D eigenvalue weighted by atomic mass is 35.5. The fourth-order valence-electron chi connectivity index (χ4n) is 5.48. The van der Waals surface area contributed by atoms with E-state index in [0.29, 0.717) is 24.6 Å². The third kappa shape index (κ3) is 13.9. The van der Waals surface area contributed by atoms with Crippen molar-refractivity contribution in [2.75, 3.05) is 20.1 Å². The second kappa shape index (κ2) is 18.9. The minimum Gasteiger partial charge on any atom is -0.481 e. The Balaban J connectivity index is 0.000000777. The summed E-state index contributed by atoms with van der Waals surface area (Å²) in [5, 5.41) is 10.2. The summed E-state index contributed by atoms with van der Waals surface area (Å²) < 4.78 is 0. The molecule has 1 aliphatic carbocycles. The lowest BCUT2D eigenvalue weighted by atomic mass is 9.81. The van der Waals surface area contributed by atoms with Crippen molar-refractivity contribution in [2.45, 2.75) is 90.0 Å². The van der Waals surface area contributed by atoms with Gasteiger partial charge < -0.3 is 15.3 Å². The molecule has 0 saturated heterocycles. The normalized spacial score (nSPS) is 17.0. The van der Waals surface area contributed by atoms with Gasteiger partial charge in [0.15, 0.2) is 0 Å². The van der Waals surface area contributed by atoms with E-state index in [-0.39, 0.29) is 24.9 Å². The van der Waals surface area contributed by atoms with Crippen molar-refractivity contribution >= 4 is 35.6 Å². The standard InChI is InChI=1S/C33H43ClN2O.C4H7NO3/c1-24(2)22-29(23-33(4,5)34)31(35-6)32(37)36(21-20-26-14-12-25(3)13-15-26)30-18-16-28(17-19-30)27-10-8-7-9-11-27;6-3-5-2-1-4(7)8/h7-15,22-23,28,30H,16-21H2,1-6H3;3H,1-2H2,(H,5,6)(H,7,8)/b29-23+,35-31?;. The number of carbonyl (C=O) groups excluding carboxylic acids is 2. The average molecular weight is 636 g/mol. The van der Waals surface area contributed by atoms with Gasteiger partial charge in [0.05, 0.1) is 11.3 Å². The number of nitrogens with one attached hydrogen (secondary N) is 1. The molecule has 45 heavy (non-hydrogen) atoms. The number of aliphatic imine (C=N–C) groups is 1. The molecule has 0 aromatic heterocycles. The van der Waals surface area contributed by atoms with Gasteiger partial charge in [-0.05, 0) is 83.8 Å². The average Bonchev–Trinajstić information content (AvgIpc) is 2.98. The second-order valence-corrected chi connectivity index (χ2v) is 13.3. The Kier molecular flexibility index (Phi) is 15.8. The molecular weight excluding hydrogens is 586 g/mol. The number of allylic oxidation sites excluding steroid dienone is 3. The number of aliphatic carboxylic acids is 1. The summed E-state index contributed by atoms with van der Waals surface area (Å²) in [6.45, 7) is 10.9. The predicted octanol–water partition coefficient (Wildman–Crippen LogP) is 7.28. The number of carbonyl (C=O) groups is 3. The molecule has 244 valence electrons. The molecule has 1 aliphatic rings. The van der Waals surface area contributed by atoms with E-state index >= 15 is 0 Å². The molecule has 0 unspecified atom stereocenters. The Labute approximate surface area is 274 Å². The molecule has 2 amide bonds. The highest BCUT2D eigenvalue weighted by Gasteiger charge is 2.32. The Hall–Kier alpha value is -3.71. The van der Waals surface area contributed by atoms with Gasteiger partial charge in [0.1, 0.15) is 5.71 Å². The molecule has 1 fully saturated rings. The summed E-state index contributed by atoms with van der Waals surface area (Å²) in [6.07, 6.45) is 9.44. The summed E-state index contributed by atoms with van der Waals surface area (Å²) in [6, 6.07) is 19.6. The molecule has 2 aromatic rings. The minimum absolute atomic E-state index is 0.00226. The second-order valence-electron chi connectivity index (χ2n) is 12.3. The van der Waals surface area contributed by atoms with Crippen molar-refractivity contribution in [3.8, 4) is 0 Å².